The van der Waals surface area contributed by atoms with Gasteiger partial charge in [0.2, 0.25) is 0 Å². The van der Waals surface area contributed by atoms with Crippen molar-refractivity contribution in [2.75, 3.05) is 5.94 Å². The zero-order valence-corrected chi connectivity index (χ0v) is 7.36. The minimum absolute atomic E-state index is 0.630. The molecule has 0 rings (SSSR count). The Balaban J connectivity index is 4.00. The molecule has 0 aliphatic carbocycles. The van der Waals surface area contributed by atoms with Crippen molar-refractivity contribution in [2.24, 2.45) is 0 Å². The van der Waals surface area contributed by atoms with Gasteiger partial charge in [0.05, 0.1) is 0 Å². The summed E-state index contributed by atoms with van der Waals surface area (Å²) in [6.45, 7) is 6.18. The second kappa shape index (κ2) is 4.42. The molecule has 1 atom stereocenters. The fraction of sp³-hybridized carbons (Fsp3) is 0.200. The Bertz CT molecular complexity index is 264. The lowest BCUT2D eigenvalue weighted by Crippen LogP contribution is -2.06. The van der Waals surface area contributed by atoms with Crippen LogP contribution in [0, 0.1) is 0 Å². The molecule has 0 bridgehead atoms. The van der Waals surface area contributed by atoms with Crippen LogP contribution in [0.4, 0.5) is 0 Å². The van der Waals surface area contributed by atoms with Gasteiger partial charge < -0.3 is 0 Å². The summed E-state index contributed by atoms with van der Waals surface area (Å²) < 4.78 is 36.0. The van der Waals surface area contributed by atoms with E-state index in [-0.39, 0.29) is 0 Å². The molecule has 11 heavy (non-hydrogen) atoms. The third-order valence-corrected chi connectivity index (χ3v) is 2.44. The van der Waals surface area contributed by atoms with E-state index in [4.69, 9.17) is 0 Å². The van der Waals surface area contributed by atoms with Gasteiger partial charge in [-0.2, -0.15) is 0 Å². The smallest absolute Gasteiger partial charge is 0.196 e. The number of hydrogen-bond acceptors (Lipinski definition) is 4. The van der Waals surface area contributed by atoms with E-state index >= 15 is 0 Å². The quantitative estimate of drug-likeness (QED) is 0.635. The average molecular weight is 196 g/mol. The molecule has 0 aromatic heterocycles. The Morgan fingerprint density at radius 1 is 1.45 bits per heavy atom. The second-order valence-corrected chi connectivity index (χ2v) is 4.48. The topological polar surface area (TPSA) is 60.4 Å². The summed E-state index contributed by atoms with van der Waals surface area (Å²) in [6.07, 6.45) is 0. The van der Waals surface area contributed by atoms with Gasteiger partial charge in [0.15, 0.2) is 26.9 Å². The van der Waals surface area contributed by atoms with Crippen LogP contribution in [0.15, 0.2) is 24.0 Å². The maximum absolute atomic E-state index is 10.6. The highest BCUT2D eigenvalue weighted by Gasteiger charge is 2.06. The first kappa shape index (κ1) is 10.5. The molecule has 0 spiro atoms. The van der Waals surface area contributed by atoms with Crippen molar-refractivity contribution in [1.29, 1.82) is 0 Å². The monoisotopic (exact) mass is 196 g/mol. The average Bonchev–Trinajstić information content (AvgIpc) is 2.00. The van der Waals surface area contributed by atoms with Crippen molar-refractivity contribution in [3.05, 3.63) is 24.0 Å². The lowest BCUT2D eigenvalue weighted by Gasteiger charge is -1.95. The first-order chi connectivity index (χ1) is 5.02. The zero-order valence-electron chi connectivity index (χ0n) is 5.73. The van der Waals surface area contributed by atoms with E-state index in [9.17, 15) is 12.6 Å². The van der Waals surface area contributed by atoms with Crippen LogP contribution in [0.1, 0.15) is 0 Å². The molecule has 0 aromatic rings. The third-order valence-electron chi connectivity index (χ3n) is 0.719. The Kier molecular flexibility index (Phi) is 4.24. The van der Waals surface area contributed by atoms with Crippen LogP contribution in [0.2, 0.25) is 0 Å². The van der Waals surface area contributed by atoms with Gasteiger partial charge >= 0.3 is 0 Å². The van der Waals surface area contributed by atoms with Gasteiger partial charge in [-0.25, -0.2) is 12.6 Å². The van der Waals surface area contributed by atoms with Crippen molar-refractivity contribution >= 4 is 20.9 Å². The molecule has 0 aliphatic rings. The molecule has 0 radical (unpaired) electrons. The van der Waals surface area contributed by atoms with E-state index in [1.54, 1.807) is 0 Å². The van der Waals surface area contributed by atoms with Gasteiger partial charge in [0.25, 0.3) is 0 Å². The van der Waals surface area contributed by atoms with Crippen LogP contribution >= 0.6 is 0 Å². The maximum Gasteiger partial charge on any atom is 0.196 e. The summed E-state index contributed by atoms with van der Waals surface area (Å²) >= 11 is -1.74. The van der Waals surface area contributed by atoms with Gasteiger partial charge in [-0.15, -0.1) is 0 Å². The van der Waals surface area contributed by atoms with Crippen molar-refractivity contribution < 1.29 is 16.8 Å². The second-order valence-electron chi connectivity index (χ2n) is 1.49. The molecule has 0 fully saturated rings. The van der Waals surface area contributed by atoms with Crippen molar-refractivity contribution in [2.45, 2.75) is 0 Å². The first-order valence-corrected chi connectivity index (χ1v) is 5.39. The molecule has 0 aliphatic heterocycles. The zero-order chi connectivity index (χ0) is 8.91. The van der Waals surface area contributed by atoms with E-state index < -0.39 is 26.9 Å². The summed E-state index contributed by atoms with van der Waals surface area (Å²) in [5.74, 6) is -0.630. The van der Waals surface area contributed by atoms with Gasteiger partial charge in [0.1, 0.15) is 0 Å². The third kappa shape index (κ3) is 4.88. The largest absolute Gasteiger partial charge is 0.270 e. The first-order valence-electron chi connectivity index (χ1n) is 2.53. The van der Waals surface area contributed by atoms with Crippen LogP contribution in [0.25, 0.3) is 0 Å². The van der Waals surface area contributed by atoms with E-state index in [1.807, 2.05) is 0 Å². The molecule has 0 N–H and O–H groups in total. The van der Waals surface area contributed by atoms with Crippen LogP contribution in [-0.2, 0) is 25.1 Å². The van der Waals surface area contributed by atoms with Gasteiger partial charge in [-0.3, -0.25) is 4.18 Å². The van der Waals surface area contributed by atoms with Gasteiger partial charge in [-0.05, 0) is 0 Å². The minimum Gasteiger partial charge on any atom is -0.270 e. The van der Waals surface area contributed by atoms with Crippen LogP contribution in [0.5, 0.6) is 0 Å². The number of sulfone groups is 1. The molecule has 0 amide bonds. The lowest BCUT2D eigenvalue weighted by molar-refractivity contribution is 0.414. The minimum atomic E-state index is -3.42. The lowest BCUT2D eigenvalue weighted by atomic mass is 11.3. The molecular weight excluding hydrogens is 188 g/mol. The summed E-state index contributed by atoms with van der Waals surface area (Å²) in [4.78, 5) is 0. The van der Waals surface area contributed by atoms with E-state index in [0.717, 1.165) is 10.8 Å². The SMILES string of the molecule is C=CS(=O)OCS(=O)(=O)C=C. The standard InChI is InChI=1S/C5H8O4S2/c1-3-10(6)9-5-11(7,8)4-2/h3-4H,1-2,5H2. The predicted molar refractivity (Wildman–Crippen MR) is 43.4 cm³/mol. The van der Waals surface area contributed by atoms with Gasteiger partial charge in [-0.1, -0.05) is 13.2 Å². The number of hydrogen-bond donors (Lipinski definition) is 0. The Hall–Kier alpha value is -0.460. The van der Waals surface area contributed by atoms with Crippen molar-refractivity contribution in [3.8, 4) is 0 Å². The highest BCUT2D eigenvalue weighted by molar-refractivity contribution is 7.94. The molecule has 0 saturated heterocycles. The molecule has 0 saturated carbocycles. The fourth-order valence-corrected chi connectivity index (χ4v) is 1.32. The summed E-state index contributed by atoms with van der Waals surface area (Å²) in [5.41, 5.74) is 0. The maximum atomic E-state index is 10.6. The Morgan fingerprint density at radius 2 is 2.00 bits per heavy atom. The fourth-order valence-electron chi connectivity index (χ4n) is 0.211. The Labute approximate surface area is 68.1 Å². The number of rotatable bonds is 5. The molecular formula is C5H8O4S2. The van der Waals surface area contributed by atoms with E-state index in [1.165, 1.54) is 0 Å². The van der Waals surface area contributed by atoms with Crippen LogP contribution in [0.3, 0.4) is 0 Å². The van der Waals surface area contributed by atoms with E-state index in [2.05, 4.69) is 17.3 Å². The predicted octanol–water partition coefficient (Wildman–Crippen LogP) is 0.326. The van der Waals surface area contributed by atoms with Crippen LogP contribution in [-0.4, -0.2) is 18.6 Å². The van der Waals surface area contributed by atoms with Crippen molar-refractivity contribution in [3.63, 3.8) is 0 Å². The molecule has 0 aromatic carbocycles. The summed E-state index contributed by atoms with van der Waals surface area (Å²) in [7, 11) is -3.42. The molecule has 1 unspecified atom stereocenters. The highest BCUT2D eigenvalue weighted by Crippen LogP contribution is 1.94. The molecule has 6 heteroatoms. The van der Waals surface area contributed by atoms with E-state index in [0.29, 0.717) is 0 Å². The molecule has 64 valence electrons. The molecule has 0 heterocycles. The Morgan fingerprint density at radius 3 is 2.36 bits per heavy atom. The normalized spacial score (nSPS) is 13.8. The molecule has 4 nitrogen and oxygen atoms in total. The van der Waals surface area contributed by atoms with Gasteiger partial charge in [0, 0.05) is 10.8 Å². The highest BCUT2D eigenvalue weighted by atomic mass is 32.2. The summed E-state index contributed by atoms with van der Waals surface area (Å²) in [6, 6.07) is 0. The summed E-state index contributed by atoms with van der Waals surface area (Å²) in [5, 5.41) is 1.74. The van der Waals surface area contributed by atoms with Crippen LogP contribution < -0.4 is 0 Å². The van der Waals surface area contributed by atoms with Crippen molar-refractivity contribution in [1.82, 2.24) is 0 Å².